The van der Waals surface area contributed by atoms with Crippen LogP contribution >= 0.6 is 0 Å². The van der Waals surface area contributed by atoms with Gasteiger partial charge in [0.2, 0.25) is 10.0 Å². The number of sulfone groups is 1. The molecule has 0 unspecified atom stereocenters. The van der Waals surface area contributed by atoms with E-state index in [9.17, 15) is 25.3 Å². The standard InChI is InChI=1S/C17H22N2O6S3/c1-4-19(5-2)28(24,25)17-12-10-16(11-13-17)27(22,23)18-14-6-8-15(9-7-14)26(3,20)21/h6-13,18H,4-5H2,1-3H3. The molecule has 0 amide bonds. The van der Waals surface area contributed by atoms with Crippen LogP contribution in [0.3, 0.4) is 0 Å². The average molecular weight is 447 g/mol. The highest BCUT2D eigenvalue weighted by molar-refractivity contribution is 7.92. The van der Waals surface area contributed by atoms with Crippen molar-refractivity contribution in [2.24, 2.45) is 0 Å². The second kappa shape index (κ2) is 8.19. The van der Waals surface area contributed by atoms with Crippen molar-refractivity contribution in [1.82, 2.24) is 4.31 Å². The van der Waals surface area contributed by atoms with Crippen LogP contribution in [0.2, 0.25) is 0 Å². The van der Waals surface area contributed by atoms with Gasteiger partial charge < -0.3 is 0 Å². The summed E-state index contributed by atoms with van der Waals surface area (Å²) in [4.78, 5) is -0.0350. The first-order chi connectivity index (χ1) is 12.9. The predicted octanol–water partition coefficient (Wildman–Crippen LogP) is 1.92. The van der Waals surface area contributed by atoms with E-state index in [2.05, 4.69) is 4.72 Å². The predicted molar refractivity (Wildman–Crippen MR) is 107 cm³/mol. The number of nitrogens with zero attached hydrogens (tertiary/aromatic N) is 1. The third kappa shape index (κ3) is 4.90. The van der Waals surface area contributed by atoms with Crippen molar-refractivity contribution in [3.05, 3.63) is 48.5 Å². The van der Waals surface area contributed by atoms with Gasteiger partial charge >= 0.3 is 0 Å². The zero-order chi connectivity index (χ0) is 21.2. The van der Waals surface area contributed by atoms with E-state index < -0.39 is 29.9 Å². The van der Waals surface area contributed by atoms with Crippen molar-refractivity contribution in [3.63, 3.8) is 0 Å². The Morgan fingerprint density at radius 2 is 1.14 bits per heavy atom. The molecule has 8 nitrogen and oxygen atoms in total. The molecular formula is C17H22N2O6S3. The molecule has 28 heavy (non-hydrogen) atoms. The summed E-state index contributed by atoms with van der Waals surface area (Å²) in [5.41, 5.74) is 0.187. The quantitative estimate of drug-likeness (QED) is 0.662. The van der Waals surface area contributed by atoms with Gasteiger partial charge in [-0.15, -0.1) is 0 Å². The Balaban J connectivity index is 2.27. The van der Waals surface area contributed by atoms with Crippen LogP contribution in [0.4, 0.5) is 5.69 Å². The number of rotatable bonds is 8. The first-order valence-electron chi connectivity index (χ1n) is 8.35. The summed E-state index contributed by atoms with van der Waals surface area (Å²) in [5, 5.41) is 0. The van der Waals surface area contributed by atoms with Crippen molar-refractivity contribution >= 4 is 35.6 Å². The van der Waals surface area contributed by atoms with Crippen LogP contribution in [-0.4, -0.2) is 48.9 Å². The molecule has 0 aromatic heterocycles. The van der Waals surface area contributed by atoms with E-state index in [-0.39, 0.29) is 20.4 Å². The van der Waals surface area contributed by atoms with Gasteiger partial charge in [-0.05, 0) is 48.5 Å². The molecule has 0 saturated heterocycles. The molecule has 0 aliphatic rings. The summed E-state index contributed by atoms with van der Waals surface area (Å²) in [7, 11) is -11.0. The van der Waals surface area contributed by atoms with Crippen LogP contribution in [0, 0.1) is 0 Å². The average Bonchev–Trinajstić information content (AvgIpc) is 2.62. The van der Waals surface area contributed by atoms with Crippen molar-refractivity contribution in [1.29, 1.82) is 0 Å². The van der Waals surface area contributed by atoms with Gasteiger partial charge in [0.05, 0.1) is 14.7 Å². The lowest BCUT2D eigenvalue weighted by Crippen LogP contribution is -2.30. The van der Waals surface area contributed by atoms with Gasteiger partial charge in [-0.25, -0.2) is 25.3 Å². The zero-order valence-electron chi connectivity index (χ0n) is 15.7. The first-order valence-corrected chi connectivity index (χ1v) is 13.2. The Labute approximate surface area is 166 Å². The summed E-state index contributed by atoms with van der Waals surface area (Å²) in [5.74, 6) is 0. The fourth-order valence-corrected chi connectivity index (χ4v) is 5.63. The number of hydrogen-bond donors (Lipinski definition) is 1. The van der Waals surface area contributed by atoms with Gasteiger partial charge in [0.1, 0.15) is 0 Å². The number of nitrogens with one attached hydrogen (secondary N) is 1. The highest BCUT2D eigenvalue weighted by atomic mass is 32.2. The van der Waals surface area contributed by atoms with E-state index in [1.165, 1.54) is 52.8 Å². The zero-order valence-corrected chi connectivity index (χ0v) is 18.1. The second-order valence-corrected chi connectivity index (χ2v) is 11.6. The lowest BCUT2D eigenvalue weighted by atomic mass is 10.3. The van der Waals surface area contributed by atoms with E-state index in [4.69, 9.17) is 0 Å². The summed E-state index contributed by atoms with van der Waals surface area (Å²) in [6.07, 6.45) is 1.06. The van der Waals surface area contributed by atoms with Crippen LogP contribution in [0.25, 0.3) is 0 Å². The fourth-order valence-electron chi connectivity index (χ4n) is 2.49. The maximum absolute atomic E-state index is 12.5. The highest BCUT2D eigenvalue weighted by Gasteiger charge is 2.23. The number of benzene rings is 2. The van der Waals surface area contributed by atoms with Crippen molar-refractivity contribution in [2.75, 3.05) is 24.1 Å². The minimum absolute atomic E-state index is 0.00709. The van der Waals surface area contributed by atoms with E-state index in [1.807, 2.05) is 0 Å². The molecule has 0 fully saturated rings. The molecule has 0 heterocycles. The Kier molecular flexibility index (Phi) is 6.54. The van der Waals surface area contributed by atoms with E-state index in [1.54, 1.807) is 13.8 Å². The van der Waals surface area contributed by atoms with Crippen LogP contribution in [0.5, 0.6) is 0 Å². The lowest BCUT2D eigenvalue weighted by Gasteiger charge is -2.18. The summed E-state index contributed by atoms with van der Waals surface area (Å²) >= 11 is 0. The highest BCUT2D eigenvalue weighted by Crippen LogP contribution is 2.21. The third-order valence-corrected chi connectivity index (χ3v) is 8.60. The molecule has 0 aliphatic carbocycles. The molecular weight excluding hydrogens is 424 g/mol. The summed E-state index contributed by atoms with van der Waals surface area (Å²) in [6.45, 7) is 4.06. The van der Waals surface area contributed by atoms with Gasteiger partial charge in [0, 0.05) is 25.0 Å². The lowest BCUT2D eigenvalue weighted by molar-refractivity contribution is 0.445. The Morgan fingerprint density at radius 3 is 1.57 bits per heavy atom. The molecule has 0 bridgehead atoms. The molecule has 0 aliphatic heterocycles. The molecule has 0 spiro atoms. The molecule has 0 atom stereocenters. The van der Waals surface area contributed by atoms with Crippen molar-refractivity contribution in [2.45, 2.75) is 28.5 Å². The van der Waals surface area contributed by atoms with E-state index in [0.29, 0.717) is 13.1 Å². The topological polar surface area (TPSA) is 118 Å². The van der Waals surface area contributed by atoms with Crippen LogP contribution in [0.1, 0.15) is 13.8 Å². The fraction of sp³-hybridized carbons (Fsp3) is 0.294. The van der Waals surface area contributed by atoms with Crippen molar-refractivity contribution in [3.8, 4) is 0 Å². The van der Waals surface area contributed by atoms with E-state index in [0.717, 1.165) is 6.26 Å². The molecule has 0 saturated carbocycles. The van der Waals surface area contributed by atoms with Gasteiger partial charge in [0.15, 0.2) is 9.84 Å². The maximum Gasteiger partial charge on any atom is 0.261 e. The summed E-state index contributed by atoms with van der Waals surface area (Å²) < 4.78 is 76.5. The van der Waals surface area contributed by atoms with Gasteiger partial charge in [0.25, 0.3) is 10.0 Å². The van der Waals surface area contributed by atoms with E-state index >= 15 is 0 Å². The minimum Gasteiger partial charge on any atom is -0.280 e. The minimum atomic E-state index is -3.96. The monoisotopic (exact) mass is 446 g/mol. The second-order valence-electron chi connectivity index (χ2n) is 5.96. The smallest absolute Gasteiger partial charge is 0.261 e. The molecule has 11 heteroatoms. The largest absolute Gasteiger partial charge is 0.280 e. The molecule has 1 N–H and O–H groups in total. The van der Waals surface area contributed by atoms with Gasteiger partial charge in [-0.3, -0.25) is 4.72 Å². The van der Waals surface area contributed by atoms with Gasteiger partial charge in [-0.1, -0.05) is 13.8 Å². The Hall–Kier alpha value is -1.95. The van der Waals surface area contributed by atoms with Crippen LogP contribution < -0.4 is 4.72 Å². The first kappa shape index (κ1) is 22.3. The number of hydrogen-bond acceptors (Lipinski definition) is 6. The molecule has 2 aromatic carbocycles. The van der Waals surface area contributed by atoms with Crippen molar-refractivity contribution < 1.29 is 25.3 Å². The normalized spacial score (nSPS) is 12.9. The third-order valence-electron chi connectivity index (χ3n) is 4.01. The molecule has 154 valence electrons. The number of anilines is 1. The molecule has 0 radical (unpaired) electrons. The van der Waals surface area contributed by atoms with Gasteiger partial charge in [-0.2, -0.15) is 4.31 Å². The summed E-state index contributed by atoms with van der Waals surface area (Å²) in [6, 6.07) is 10.2. The van der Waals surface area contributed by atoms with Crippen LogP contribution in [-0.2, 0) is 29.9 Å². The SMILES string of the molecule is CCN(CC)S(=O)(=O)c1ccc(S(=O)(=O)Nc2ccc(S(C)(=O)=O)cc2)cc1. The maximum atomic E-state index is 12.5. The molecule has 2 rings (SSSR count). The Bertz CT molecular complexity index is 1130. The molecule has 2 aromatic rings. The number of sulfonamides is 2. The Morgan fingerprint density at radius 1 is 0.714 bits per heavy atom. The van der Waals surface area contributed by atoms with Crippen LogP contribution in [0.15, 0.2) is 63.2 Å².